The summed E-state index contributed by atoms with van der Waals surface area (Å²) in [6.07, 6.45) is 5.56. The van der Waals surface area contributed by atoms with E-state index in [2.05, 4.69) is 5.32 Å². The molecule has 39 heavy (non-hydrogen) atoms. The van der Waals surface area contributed by atoms with Crippen molar-refractivity contribution in [2.24, 2.45) is 5.92 Å². The number of Topliss-reactive ketones (excluding diaryl/α,β-unsaturated/α-hetero) is 1. The van der Waals surface area contributed by atoms with Crippen molar-refractivity contribution >= 4 is 17.6 Å². The van der Waals surface area contributed by atoms with Crippen LogP contribution in [0.2, 0.25) is 0 Å². The first-order valence-corrected chi connectivity index (χ1v) is 13.9. The standard InChI is InChI=1S/C28H36F2N4O5/c1-4-20(35)27(37)33-9-7-17(8-10-33)14-34-15-19-16(2)12-21-22(24(19)32-34)23(28(3,29)30)25(39-21)26(36)31-13-18-6-5-11-38-18/h15-18H,4-14H2,1-3H3,(H,31,36)/t16-,18+/m1/s1. The number of ketones is 1. The van der Waals surface area contributed by atoms with Gasteiger partial charge in [0.1, 0.15) is 5.76 Å². The van der Waals surface area contributed by atoms with E-state index in [4.69, 9.17) is 14.3 Å². The predicted octanol–water partition coefficient (Wildman–Crippen LogP) is 4.04. The summed E-state index contributed by atoms with van der Waals surface area (Å²) in [5, 5.41) is 7.44. The number of rotatable bonds is 8. The molecule has 0 radical (unpaired) electrons. The zero-order valence-corrected chi connectivity index (χ0v) is 22.7. The van der Waals surface area contributed by atoms with E-state index in [0.717, 1.165) is 38.2 Å². The van der Waals surface area contributed by atoms with E-state index in [0.29, 0.717) is 44.1 Å². The molecule has 1 N–H and O–H groups in total. The quantitative estimate of drug-likeness (QED) is 0.501. The van der Waals surface area contributed by atoms with E-state index in [1.165, 1.54) is 0 Å². The Bertz CT molecular complexity index is 1250. The molecule has 2 saturated heterocycles. The molecule has 11 heteroatoms. The van der Waals surface area contributed by atoms with Crippen molar-refractivity contribution in [1.29, 1.82) is 0 Å². The first kappa shape index (κ1) is 27.5. The first-order chi connectivity index (χ1) is 18.6. The van der Waals surface area contributed by atoms with Gasteiger partial charge in [0.05, 0.1) is 22.9 Å². The molecule has 0 saturated carbocycles. The summed E-state index contributed by atoms with van der Waals surface area (Å²) in [6.45, 7) is 6.92. The second-order valence-corrected chi connectivity index (χ2v) is 11.1. The minimum atomic E-state index is -3.31. The van der Waals surface area contributed by atoms with Gasteiger partial charge in [0.2, 0.25) is 11.5 Å². The predicted molar refractivity (Wildman–Crippen MR) is 138 cm³/mol. The number of aromatic nitrogens is 2. The number of carbonyl (C=O) groups is 3. The van der Waals surface area contributed by atoms with Crippen LogP contribution in [0.15, 0.2) is 10.6 Å². The van der Waals surface area contributed by atoms with Crippen LogP contribution in [0.3, 0.4) is 0 Å². The van der Waals surface area contributed by atoms with E-state index >= 15 is 8.78 Å². The van der Waals surface area contributed by atoms with Crippen LogP contribution in [0.5, 0.6) is 0 Å². The van der Waals surface area contributed by atoms with Crippen molar-refractivity contribution in [3.63, 3.8) is 0 Å². The third kappa shape index (κ3) is 5.50. The van der Waals surface area contributed by atoms with E-state index in [-0.39, 0.29) is 48.0 Å². The third-order valence-electron chi connectivity index (χ3n) is 8.10. The summed E-state index contributed by atoms with van der Waals surface area (Å²) in [7, 11) is 0. The molecule has 2 atom stereocenters. The molecule has 0 aromatic carbocycles. The summed E-state index contributed by atoms with van der Waals surface area (Å²) >= 11 is 0. The summed E-state index contributed by atoms with van der Waals surface area (Å²) in [5.74, 6) is -4.58. The fourth-order valence-electron chi connectivity index (χ4n) is 5.93. The number of amides is 2. The molecule has 2 aromatic heterocycles. The highest BCUT2D eigenvalue weighted by Gasteiger charge is 2.43. The second kappa shape index (κ2) is 10.8. The third-order valence-corrected chi connectivity index (χ3v) is 8.10. The highest BCUT2D eigenvalue weighted by Crippen LogP contribution is 2.48. The van der Waals surface area contributed by atoms with Crippen LogP contribution in [0.1, 0.15) is 86.2 Å². The smallest absolute Gasteiger partial charge is 0.289 e. The molecule has 4 heterocycles. The van der Waals surface area contributed by atoms with Gasteiger partial charge in [0, 0.05) is 64.3 Å². The zero-order chi connectivity index (χ0) is 27.9. The number of piperidine rings is 1. The number of alkyl halides is 2. The van der Waals surface area contributed by atoms with Crippen LogP contribution in [0.4, 0.5) is 8.78 Å². The summed E-state index contributed by atoms with van der Waals surface area (Å²) in [6, 6.07) is 0. The van der Waals surface area contributed by atoms with E-state index in [9.17, 15) is 14.4 Å². The number of hydrogen-bond acceptors (Lipinski definition) is 6. The minimum absolute atomic E-state index is 0.0203. The fraction of sp³-hybridized carbons (Fsp3) is 0.643. The van der Waals surface area contributed by atoms with Crippen LogP contribution in [-0.4, -0.2) is 64.6 Å². The number of furan rings is 1. The average Bonchev–Trinajstić information content (AvgIpc) is 3.65. The van der Waals surface area contributed by atoms with Gasteiger partial charge in [-0.05, 0) is 37.5 Å². The lowest BCUT2D eigenvalue weighted by Gasteiger charge is -2.31. The van der Waals surface area contributed by atoms with Gasteiger partial charge in [0.15, 0.2) is 0 Å². The number of halogens is 2. The van der Waals surface area contributed by atoms with Crippen LogP contribution < -0.4 is 5.32 Å². The molecule has 5 rings (SSSR count). The lowest BCUT2D eigenvalue weighted by Crippen LogP contribution is -2.42. The average molecular weight is 547 g/mol. The Kier molecular flexibility index (Phi) is 7.63. The van der Waals surface area contributed by atoms with Crippen LogP contribution >= 0.6 is 0 Å². The van der Waals surface area contributed by atoms with E-state index in [1.807, 2.05) is 13.1 Å². The molecule has 1 aliphatic carbocycles. The number of carbonyl (C=O) groups excluding carboxylic acids is 3. The van der Waals surface area contributed by atoms with Crippen molar-refractivity contribution in [2.45, 2.75) is 83.8 Å². The second-order valence-electron chi connectivity index (χ2n) is 11.1. The Labute approximate surface area is 226 Å². The molecule has 2 aromatic rings. The zero-order valence-electron chi connectivity index (χ0n) is 22.7. The Morgan fingerprint density at radius 2 is 1.95 bits per heavy atom. The maximum Gasteiger partial charge on any atom is 0.289 e. The monoisotopic (exact) mass is 546 g/mol. The Morgan fingerprint density at radius 1 is 1.21 bits per heavy atom. The van der Waals surface area contributed by atoms with Crippen LogP contribution in [0.25, 0.3) is 11.3 Å². The number of nitrogens with zero attached hydrogens (tertiary/aromatic N) is 3. The van der Waals surface area contributed by atoms with Gasteiger partial charge in [-0.1, -0.05) is 13.8 Å². The van der Waals surface area contributed by atoms with Crippen LogP contribution in [0, 0.1) is 5.92 Å². The lowest BCUT2D eigenvalue weighted by molar-refractivity contribution is -0.145. The summed E-state index contributed by atoms with van der Waals surface area (Å²) in [4.78, 5) is 38.6. The van der Waals surface area contributed by atoms with Crippen LogP contribution in [-0.2, 0) is 33.2 Å². The molecule has 212 valence electrons. The molecule has 2 aliphatic heterocycles. The van der Waals surface area contributed by atoms with Gasteiger partial charge in [-0.3, -0.25) is 19.1 Å². The molecule has 9 nitrogen and oxygen atoms in total. The summed E-state index contributed by atoms with van der Waals surface area (Å²) in [5.41, 5.74) is 1.08. The molecule has 0 unspecified atom stereocenters. The normalized spacial score (nSPS) is 21.5. The topological polar surface area (TPSA) is 107 Å². The van der Waals surface area contributed by atoms with Crippen molar-refractivity contribution in [1.82, 2.24) is 20.0 Å². The molecule has 2 fully saturated rings. The maximum atomic E-state index is 15.0. The lowest BCUT2D eigenvalue weighted by atomic mass is 9.85. The molecular weight excluding hydrogens is 510 g/mol. The van der Waals surface area contributed by atoms with E-state index < -0.39 is 23.3 Å². The fourth-order valence-corrected chi connectivity index (χ4v) is 5.93. The Hall–Kier alpha value is -3.08. The summed E-state index contributed by atoms with van der Waals surface area (Å²) < 4.78 is 43.2. The van der Waals surface area contributed by atoms with Gasteiger partial charge in [-0.2, -0.15) is 5.10 Å². The van der Waals surface area contributed by atoms with Gasteiger partial charge in [-0.15, -0.1) is 0 Å². The SMILES string of the molecule is CCC(=O)C(=O)N1CCC(Cn2cc3c(n2)-c2c(oc(C(=O)NC[C@@H]4CCCO4)c2C(C)(F)F)C[C@H]3C)CC1. The number of hydrogen-bond donors (Lipinski definition) is 1. The number of ether oxygens (including phenoxy) is 1. The number of nitrogens with one attached hydrogen (secondary N) is 1. The largest absolute Gasteiger partial charge is 0.455 e. The Balaban J connectivity index is 1.36. The minimum Gasteiger partial charge on any atom is -0.455 e. The van der Waals surface area contributed by atoms with Gasteiger partial charge in [-0.25, -0.2) is 8.78 Å². The molecule has 0 spiro atoms. The van der Waals surface area contributed by atoms with Crippen molar-refractivity contribution in [2.75, 3.05) is 26.2 Å². The first-order valence-electron chi connectivity index (χ1n) is 13.9. The van der Waals surface area contributed by atoms with Crippen molar-refractivity contribution in [3.8, 4) is 11.3 Å². The number of fused-ring (bicyclic) bond motifs is 3. The highest BCUT2D eigenvalue weighted by atomic mass is 19.3. The molecule has 3 aliphatic rings. The Morgan fingerprint density at radius 3 is 2.59 bits per heavy atom. The number of likely N-dealkylation sites (tertiary alicyclic amines) is 1. The highest BCUT2D eigenvalue weighted by molar-refractivity contribution is 6.35. The van der Waals surface area contributed by atoms with Gasteiger partial charge in [0.25, 0.3) is 17.7 Å². The molecular formula is C28H36F2N4O5. The van der Waals surface area contributed by atoms with E-state index in [1.54, 1.807) is 16.5 Å². The molecule has 2 amide bonds. The van der Waals surface area contributed by atoms with Crippen molar-refractivity contribution < 1.29 is 32.3 Å². The van der Waals surface area contributed by atoms with Gasteiger partial charge < -0.3 is 19.4 Å². The van der Waals surface area contributed by atoms with Crippen molar-refractivity contribution in [3.05, 3.63) is 28.8 Å². The molecule has 0 bridgehead atoms. The maximum absolute atomic E-state index is 15.0. The van der Waals surface area contributed by atoms with Gasteiger partial charge >= 0.3 is 0 Å².